The smallest absolute Gasteiger partial charge is 0.418 e. The van der Waals surface area contributed by atoms with E-state index in [0.29, 0.717) is 4.57 Å². The van der Waals surface area contributed by atoms with E-state index in [1.165, 1.54) is 38.1 Å². The van der Waals surface area contributed by atoms with Crippen LogP contribution in [0.2, 0.25) is 0 Å². The van der Waals surface area contributed by atoms with E-state index >= 15 is 0 Å². The number of aryl methyl sites for hydroxylation is 1. The second kappa shape index (κ2) is 8.93. The summed E-state index contributed by atoms with van der Waals surface area (Å²) in [6.45, 7) is -0.360. The second-order valence-electron chi connectivity index (χ2n) is 7.58. The Balaban J connectivity index is 1.73. The summed E-state index contributed by atoms with van der Waals surface area (Å²) in [6.07, 6.45) is -6.06. The van der Waals surface area contributed by atoms with Gasteiger partial charge >= 0.3 is 18.7 Å². The molecule has 0 spiro atoms. The molecule has 0 radical (unpaired) electrons. The number of esters is 1. The van der Waals surface area contributed by atoms with E-state index in [0.717, 1.165) is 22.9 Å². The maximum Gasteiger partial charge on any atom is 0.418 e. The lowest BCUT2D eigenvalue weighted by Gasteiger charge is -2.17. The maximum absolute atomic E-state index is 13.7. The molecule has 0 fully saturated rings. The highest BCUT2D eigenvalue weighted by Crippen LogP contribution is 2.34. The van der Waals surface area contributed by atoms with Crippen LogP contribution in [0.4, 0.5) is 22.0 Å². The van der Waals surface area contributed by atoms with E-state index in [1.54, 1.807) is 12.1 Å². The Hall–Kier alpha value is -4.09. The van der Waals surface area contributed by atoms with Gasteiger partial charge in [-0.1, -0.05) is 24.3 Å². The van der Waals surface area contributed by atoms with Crippen molar-refractivity contribution in [1.29, 1.82) is 0 Å². The van der Waals surface area contributed by atoms with Crippen LogP contribution in [-0.4, -0.2) is 25.3 Å². The number of carbonyl (C=O) groups excluding carboxylic acids is 1. The van der Waals surface area contributed by atoms with Crippen LogP contribution in [0.5, 0.6) is 0 Å². The van der Waals surface area contributed by atoms with Crippen LogP contribution in [0.25, 0.3) is 16.7 Å². The Bertz CT molecular complexity index is 1480. The van der Waals surface area contributed by atoms with Gasteiger partial charge in [-0.2, -0.15) is 27.1 Å². The van der Waals surface area contributed by atoms with E-state index in [4.69, 9.17) is 4.74 Å². The first kappa shape index (κ1) is 24.0. The molecule has 0 aliphatic carbocycles. The number of aromatic nitrogens is 4. The number of hydrogen-bond donors (Lipinski definition) is 0. The zero-order chi connectivity index (χ0) is 25.5. The van der Waals surface area contributed by atoms with Crippen molar-refractivity contribution in [1.82, 2.24) is 19.3 Å². The summed E-state index contributed by atoms with van der Waals surface area (Å²) < 4.78 is 74.5. The van der Waals surface area contributed by atoms with E-state index < -0.39 is 47.2 Å². The van der Waals surface area contributed by atoms with Crippen LogP contribution < -0.4 is 5.43 Å². The Kier molecular flexibility index (Phi) is 6.14. The zero-order valence-corrected chi connectivity index (χ0v) is 18.3. The van der Waals surface area contributed by atoms with Gasteiger partial charge < -0.3 is 4.74 Å². The summed E-state index contributed by atoms with van der Waals surface area (Å²) in [4.78, 5) is 29.3. The average molecular weight is 492 g/mol. The summed E-state index contributed by atoms with van der Waals surface area (Å²) in [5.74, 6) is -1.57. The highest BCUT2D eigenvalue weighted by molar-refractivity contribution is 5.87. The minimum Gasteiger partial charge on any atom is -0.450 e. The molecule has 2 aromatic heterocycles. The van der Waals surface area contributed by atoms with E-state index in [2.05, 4.69) is 10.1 Å². The topological polar surface area (TPSA) is 79.0 Å². The lowest BCUT2D eigenvalue weighted by Crippen LogP contribution is -2.26. The Morgan fingerprint density at radius 1 is 1.06 bits per heavy atom. The lowest BCUT2D eigenvalue weighted by atomic mass is 10.1. The van der Waals surface area contributed by atoms with Gasteiger partial charge in [0.05, 0.1) is 22.3 Å². The number of para-hydroxylation sites is 3. The predicted molar refractivity (Wildman–Crippen MR) is 114 cm³/mol. The lowest BCUT2D eigenvalue weighted by molar-refractivity contribution is -0.137. The highest BCUT2D eigenvalue weighted by atomic mass is 19.4. The van der Waals surface area contributed by atoms with Crippen LogP contribution in [-0.2, 0) is 10.9 Å². The van der Waals surface area contributed by atoms with Crippen LogP contribution in [0, 0.1) is 6.92 Å². The standard InChI is InChI=1S/C23H17F5N4O3/c1-12-11-18(33)19(30-32(12)16-9-5-3-7-14(16)23(26,27)28)21(34)35-13(2)20-29-15-8-4-6-10-17(15)31(20)22(24)25/h3-11,13,22H,1-2H3. The minimum atomic E-state index is -4.72. The van der Waals surface area contributed by atoms with Crippen molar-refractivity contribution < 1.29 is 31.5 Å². The molecule has 0 saturated heterocycles. The first-order valence-corrected chi connectivity index (χ1v) is 10.2. The number of benzene rings is 2. The van der Waals surface area contributed by atoms with Crippen molar-refractivity contribution in [2.24, 2.45) is 0 Å². The van der Waals surface area contributed by atoms with E-state index in [-0.39, 0.29) is 22.6 Å². The molecule has 0 saturated carbocycles. The molecule has 7 nitrogen and oxygen atoms in total. The zero-order valence-electron chi connectivity index (χ0n) is 18.3. The Labute approximate surface area is 194 Å². The summed E-state index contributed by atoms with van der Waals surface area (Å²) in [6, 6.07) is 11.5. The molecule has 182 valence electrons. The van der Waals surface area contributed by atoms with Gasteiger partial charge in [-0.25, -0.2) is 14.5 Å². The maximum atomic E-state index is 13.7. The largest absolute Gasteiger partial charge is 0.450 e. The monoisotopic (exact) mass is 492 g/mol. The number of rotatable bonds is 5. The number of ether oxygens (including phenoxy) is 1. The van der Waals surface area contributed by atoms with Gasteiger partial charge in [-0.3, -0.25) is 9.36 Å². The number of halogens is 5. The van der Waals surface area contributed by atoms with Gasteiger partial charge in [0, 0.05) is 11.8 Å². The number of imidazole rings is 1. The first-order valence-electron chi connectivity index (χ1n) is 10.2. The van der Waals surface area contributed by atoms with Crippen molar-refractivity contribution in [3.05, 3.63) is 87.6 Å². The van der Waals surface area contributed by atoms with Crippen molar-refractivity contribution in [3.63, 3.8) is 0 Å². The molecule has 4 rings (SSSR count). The molecular formula is C23H17F5N4O3. The number of carbonyl (C=O) groups is 1. The molecule has 35 heavy (non-hydrogen) atoms. The molecular weight excluding hydrogens is 475 g/mol. The molecule has 0 amide bonds. The van der Waals surface area contributed by atoms with Crippen molar-refractivity contribution in [3.8, 4) is 5.69 Å². The van der Waals surface area contributed by atoms with Gasteiger partial charge in [0.2, 0.25) is 11.1 Å². The van der Waals surface area contributed by atoms with E-state index in [1.807, 2.05) is 0 Å². The molecule has 0 aliphatic rings. The molecule has 0 bridgehead atoms. The summed E-state index contributed by atoms with van der Waals surface area (Å²) in [5, 5.41) is 3.82. The van der Waals surface area contributed by atoms with Crippen LogP contribution in [0.15, 0.2) is 59.4 Å². The third-order valence-corrected chi connectivity index (χ3v) is 5.20. The molecule has 1 unspecified atom stereocenters. The summed E-state index contributed by atoms with van der Waals surface area (Å²) >= 11 is 0. The van der Waals surface area contributed by atoms with E-state index in [9.17, 15) is 31.5 Å². The number of hydrogen-bond acceptors (Lipinski definition) is 5. The third kappa shape index (κ3) is 4.51. The minimum absolute atomic E-state index is 0.0378. The molecule has 0 N–H and O–H groups in total. The Morgan fingerprint density at radius 2 is 1.71 bits per heavy atom. The SMILES string of the molecule is Cc1cc(=O)c(C(=O)OC(C)c2nc3ccccc3n2C(F)F)nn1-c1ccccc1C(F)(F)F. The quantitative estimate of drug-likeness (QED) is 0.282. The normalized spacial score (nSPS) is 12.8. The fraction of sp³-hybridized carbons (Fsp3) is 0.217. The van der Waals surface area contributed by atoms with Crippen LogP contribution in [0.1, 0.15) is 47.1 Å². The molecule has 0 aliphatic heterocycles. The average Bonchev–Trinajstić information content (AvgIpc) is 3.18. The van der Waals surface area contributed by atoms with Gasteiger partial charge in [-0.05, 0) is 38.1 Å². The molecule has 4 aromatic rings. The molecule has 2 heterocycles. The second-order valence-corrected chi connectivity index (χ2v) is 7.58. The van der Waals surface area contributed by atoms with Gasteiger partial charge in [-0.15, -0.1) is 0 Å². The number of alkyl halides is 5. The van der Waals surface area contributed by atoms with Gasteiger partial charge in [0.25, 0.3) is 0 Å². The summed E-state index contributed by atoms with van der Waals surface area (Å²) in [7, 11) is 0. The van der Waals surface area contributed by atoms with Crippen molar-refractivity contribution >= 4 is 17.0 Å². The third-order valence-electron chi connectivity index (χ3n) is 5.20. The Morgan fingerprint density at radius 3 is 2.40 bits per heavy atom. The van der Waals surface area contributed by atoms with Crippen molar-refractivity contribution in [2.75, 3.05) is 0 Å². The van der Waals surface area contributed by atoms with Gasteiger partial charge in [0.15, 0.2) is 11.9 Å². The first-order chi connectivity index (χ1) is 16.5. The fourth-order valence-electron chi connectivity index (χ4n) is 3.65. The highest BCUT2D eigenvalue weighted by Gasteiger charge is 2.34. The van der Waals surface area contributed by atoms with Crippen molar-refractivity contribution in [2.45, 2.75) is 32.7 Å². The van der Waals surface area contributed by atoms with Gasteiger partial charge in [0.1, 0.15) is 0 Å². The van der Waals surface area contributed by atoms with Crippen LogP contribution >= 0.6 is 0 Å². The molecule has 12 heteroatoms. The molecule has 2 aromatic carbocycles. The predicted octanol–water partition coefficient (Wildman–Crippen LogP) is 5.22. The number of fused-ring (bicyclic) bond motifs is 1. The summed E-state index contributed by atoms with van der Waals surface area (Å²) in [5.41, 5.74) is -2.75. The fourth-order valence-corrected chi connectivity index (χ4v) is 3.65. The number of nitrogens with zero attached hydrogens (tertiary/aromatic N) is 4. The van der Waals surface area contributed by atoms with Crippen LogP contribution in [0.3, 0.4) is 0 Å². The molecule has 1 atom stereocenters.